The van der Waals surface area contributed by atoms with Crippen LogP contribution in [0.2, 0.25) is 0 Å². The zero-order chi connectivity index (χ0) is 23.4. The second-order valence-corrected chi connectivity index (χ2v) is 10.4. The van der Waals surface area contributed by atoms with Gasteiger partial charge in [-0.05, 0) is 83.0 Å². The fourth-order valence-corrected chi connectivity index (χ4v) is 3.97. The summed E-state index contributed by atoms with van der Waals surface area (Å²) in [6.45, 7) is 13.7. The van der Waals surface area contributed by atoms with E-state index in [-0.39, 0.29) is 5.41 Å². The van der Waals surface area contributed by atoms with Gasteiger partial charge in [-0.15, -0.1) is 0 Å². The highest BCUT2D eigenvalue weighted by atomic mass is 15.1. The molecule has 0 N–H and O–H groups in total. The van der Waals surface area contributed by atoms with Gasteiger partial charge in [-0.1, -0.05) is 90.1 Å². The molecule has 0 atom stereocenters. The Morgan fingerprint density at radius 3 is 1.59 bits per heavy atom. The summed E-state index contributed by atoms with van der Waals surface area (Å²) in [4.78, 5) is 2.28. The van der Waals surface area contributed by atoms with Crippen LogP contribution in [0.4, 0.5) is 11.4 Å². The number of hydrogen-bond donors (Lipinski definition) is 0. The standard InChI is InChI=1S/C20H25N.C11H16/c1-5-20(2,3)17-9-12-18(13-10-17)21(4)19-11-8-15-6-7-16(15)14-19;1-4-11(2,3)10-8-6-5-7-9-10/h8-14H,5-7H2,1-4H3;5-9H,4H2,1-3H3. The molecule has 1 heteroatoms. The van der Waals surface area contributed by atoms with Gasteiger partial charge in [0.15, 0.2) is 0 Å². The Hall–Kier alpha value is -2.54. The van der Waals surface area contributed by atoms with Gasteiger partial charge < -0.3 is 4.90 Å². The first kappa shape index (κ1) is 24.1. The molecular weight excluding hydrogens is 386 g/mol. The van der Waals surface area contributed by atoms with E-state index in [1.807, 2.05) is 0 Å². The molecule has 0 radical (unpaired) electrons. The fourth-order valence-electron chi connectivity index (χ4n) is 3.97. The molecule has 0 saturated heterocycles. The summed E-state index contributed by atoms with van der Waals surface area (Å²) in [6, 6.07) is 26.6. The maximum absolute atomic E-state index is 2.34. The number of hydrogen-bond acceptors (Lipinski definition) is 1. The van der Waals surface area contributed by atoms with Crippen molar-refractivity contribution in [3.8, 4) is 0 Å². The lowest BCUT2D eigenvalue weighted by atomic mass is 9.82. The lowest BCUT2D eigenvalue weighted by molar-refractivity contribution is 0.506. The first-order valence-corrected chi connectivity index (χ1v) is 12.2. The van der Waals surface area contributed by atoms with Gasteiger partial charge in [0.2, 0.25) is 0 Å². The van der Waals surface area contributed by atoms with Crippen molar-refractivity contribution >= 4 is 11.4 Å². The Morgan fingerprint density at radius 1 is 0.625 bits per heavy atom. The predicted molar refractivity (Wildman–Crippen MR) is 141 cm³/mol. The molecule has 0 fully saturated rings. The molecule has 0 spiro atoms. The summed E-state index contributed by atoms with van der Waals surface area (Å²) >= 11 is 0. The van der Waals surface area contributed by atoms with E-state index in [2.05, 4.69) is 126 Å². The summed E-state index contributed by atoms with van der Waals surface area (Å²) in [5, 5.41) is 0. The van der Waals surface area contributed by atoms with E-state index in [1.165, 1.54) is 52.9 Å². The van der Waals surface area contributed by atoms with E-state index in [0.29, 0.717) is 5.41 Å². The average Bonchev–Trinajstić information content (AvgIpc) is 2.80. The van der Waals surface area contributed by atoms with Crippen molar-refractivity contribution in [2.75, 3.05) is 11.9 Å². The molecule has 4 rings (SSSR count). The van der Waals surface area contributed by atoms with Crippen LogP contribution in [-0.4, -0.2) is 7.05 Å². The Labute approximate surface area is 196 Å². The quantitative estimate of drug-likeness (QED) is 0.380. The van der Waals surface area contributed by atoms with Crippen LogP contribution in [0.5, 0.6) is 0 Å². The van der Waals surface area contributed by atoms with Crippen molar-refractivity contribution in [2.45, 2.75) is 78.1 Å². The molecule has 32 heavy (non-hydrogen) atoms. The SMILES string of the molecule is CCC(C)(C)c1ccc(N(C)c2ccc3c(c2)CC3)cc1.CCC(C)(C)c1ccccc1. The maximum Gasteiger partial charge on any atom is 0.0411 e. The summed E-state index contributed by atoms with van der Waals surface area (Å²) < 4.78 is 0. The molecule has 1 aliphatic carbocycles. The molecule has 1 aliphatic rings. The average molecular weight is 428 g/mol. The molecule has 0 amide bonds. The minimum atomic E-state index is 0.257. The van der Waals surface area contributed by atoms with E-state index in [4.69, 9.17) is 0 Å². The van der Waals surface area contributed by atoms with Gasteiger partial charge in [-0.3, -0.25) is 0 Å². The Bertz CT molecular complexity index is 996. The van der Waals surface area contributed by atoms with Crippen LogP contribution in [0, 0.1) is 0 Å². The van der Waals surface area contributed by atoms with Crippen LogP contribution in [0.25, 0.3) is 0 Å². The van der Waals surface area contributed by atoms with Gasteiger partial charge in [-0.2, -0.15) is 0 Å². The number of anilines is 2. The zero-order valence-electron chi connectivity index (χ0n) is 21.2. The molecule has 3 aromatic rings. The monoisotopic (exact) mass is 427 g/mol. The summed E-state index contributed by atoms with van der Waals surface area (Å²) in [7, 11) is 2.15. The molecule has 0 heterocycles. The zero-order valence-corrected chi connectivity index (χ0v) is 21.2. The van der Waals surface area contributed by atoms with Gasteiger partial charge >= 0.3 is 0 Å². The molecule has 3 aromatic carbocycles. The molecule has 0 unspecified atom stereocenters. The van der Waals surface area contributed by atoms with E-state index in [0.717, 1.165) is 6.42 Å². The van der Waals surface area contributed by atoms with E-state index in [9.17, 15) is 0 Å². The van der Waals surface area contributed by atoms with Crippen LogP contribution in [0.3, 0.4) is 0 Å². The number of benzene rings is 3. The highest BCUT2D eigenvalue weighted by molar-refractivity contribution is 5.65. The Balaban J connectivity index is 0.000000222. The van der Waals surface area contributed by atoms with Crippen LogP contribution < -0.4 is 4.90 Å². The smallest absolute Gasteiger partial charge is 0.0411 e. The minimum absolute atomic E-state index is 0.257. The maximum atomic E-state index is 2.34. The largest absolute Gasteiger partial charge is 0.345 e. The molecular formula is C31H41N. The van der Waals surface area contributed by atoms with Crippen molar-refractivity contribution in [1.82, 2.24) is 0 Å². The van der Waals surface area contributed by atoms with Crippen molar-refractivity contribution in [3.63, 3.8) is 0 Å². The Morgan fingerprint density at radius 2 is 1.12 bits per heavy atom. The Kier molecular flexibility index (Phi) is 7.49. The third kappa shape index (κ3) is 5.44. The molecule has 1 nitrogen and oxygen atoms in total. The normalized spacial score (nSPS) is 12.8. The second kappa shape index (κ2) is 9.94. The van der Waals surface area contributed by atoms with Gasteiger partial charge in [0.25, 0.3) is 0 Å². The lowest BCUT2D eigenvalue weighted by Gasteiger charge is -2.27. The molecule has 0 aliphatic heterocycles. The van der Waals surface area contributed by atoms with Crippen molar-refractivity contribution in [3.05, 3.63) is 95.1 Å². The van der Waals surface area contributed by atoms with Crippen molar-refractivity contribution < 1.29 is 0 Å². The second-order valence-electron chi connectivity index (χ2n) is 10.4. The van der Waals surface area contributed by atoms with Gasteiger partial charge in [0.1, 0.15) is 0 Å². The van der Waals surface area contributed by atoms with Gasteiger partial charge in [0.05, 0.1) is 0 Å². The van der Waals surface area contributed by atoms with Gasteiger partial charge in [0, 0.05) is 18.4 Å². The first-order valence-electron chi connectivity index (χ1n) is 12.2. The number of rotatable bonds is 6. The number of nitrogens with zero attached hydrogens (tertiary/aromatic N) is 1. The minimum Gasteiger partial charge on any atom is -0.345 e. The van der Waals surface area contributed by atoms with Crippen LogP contribution >= 0.6 is 0 Å². The van der Waals surface area contributed by atoms with Crippen molar-refractivity contribution in [2.24, 2.45) is 0 Å². The third-order valence-corrected chi connectivity index (χ3v) is 7.60. The fraction of sp³-hybridized carbons (Fsp3) is 0.419. The topological polar surface area (TPSA) is 3.24 Å². The first-order chi connectivity index (χ1) is 15.2. The summed E-state index contributed by atoms with van der Waals surface area (Å²) in [6.07, 6.45) is 4.84. The number of aryl methyl sites for hydroxylation is 2. The summed E-state index contributed by atoms with van der Waals surface area (Å²) in [5.74, 6) is 0. The summed E-state index contributed by atoms with van der Waals surface area (Å²) in [5.41, 5.74) is 9.02. The molecule has 0 saturated carbocycles. The van der Waals surface area contributed by atoms with Crippen molar-refractivity contribution in [1.29, 1.82) is 0 Å². The predicted octanol–water partition coefficient (Wildman–Crippen LogP) is 8.61. The van der Waals surface area contributed by atoms with Gasteiger partial charge in [-0.25, -0.2) is 0 Å². The van der Waals surface area contributed by atoms with Crippen LogP contribution in [-0.2, 0) is 23.7 Å². The number of fused-ring (bicyclic) bond motifs is 1. The molecule has 0 bridgehead atoms. The van der Waals surface area contributed by atoms with E-state index < -0.39 is 0 Å². The van der Waals surface area contributed by atoms with E-state index >= 15 is 0 Å². The van der Waals surface area contributed by atoms with E-state index in [1.54, 1.807) is 0 Å². The van der Waals surface area contributed by atoms with Crippen LogP contribution in [0.1, 0.15) is 76.6 Å². The van der Waals surface area contributed by atoms with Crippen LogP contribution in [0.15, 0.2) is 72.8 Å². The highest BCUT2D eigenvalue weighted by Gasteiger charge is 2.19. The lowest BCUT2D eigenvalue weighted by Crippen LogP contribution is -2.16. The third-order valence-electron chi connectivity index (χ3n) is 7.60. The highest BCUT2D eigenvalue weighted by Crippen LogP contribution is 2.33. The molecule has 170 valence electrons. The molecule has 0 aromatic heterocycles.